The van der Waals surface area contributed by atoms with Gasteiger partial charge in [-0.2, -0.15) is 17.9 Å². The van der Waals surface area contributed by atoms with Crippen LogP contribution in [0.25, 0.3) is 0 Å². The standard InChI is InChI=1S/C13H10F3NO2S/c14-13(15,16)11-5-3-4-10(8-11)9-20(19)12-6-1-2-7-17(12)18/h1-8H,9H2. The second kappa shape index (κ2) is 5.62. The second-order valence-electron chi connectivity index (χ2n) is 4.05. The largest absolute Gasteiger partial charge is 0.618 e. The molecule has 0 bridgehead atoms. The summed E-state index contributed by atoms with van der Waals surface area (Å²) in [6, 6.07) is 9.01. The summed E-state index contributed by atoms with van der Waals surface area (Å²) in [6.45, 7) is 0. The van der Waals surface area contributed by atoms with Crippen molar-refractivity contribution in [2.75, 3.05) is 0 Å². The molecule has 0 saturated heterocycles. The summed E-state index contributed by atoms with van der Waals surface area (Å²) in [6.07, 6.45) is -3.25. The smallest absolute Gasteiger partial charge is 0.416 e. The summed E-state index contributed by atoms with van der Waals surface area (Å²) >= 11 is 0. The van der Waals surface area contributed by atoms with Crippen LogP contribution >= 0.6 is 0 Å². The molecule has 1 unspecified atom stereocenters. The van der Waals surface area contributed by atoms with E-state index in [2.05, 4.69) is 0 Å². The van der Waals surface area contributed by atoms with Crippen LogP contribution < -0.4 is 4.73 Å². The number of hydrogen-bond donors (Lipinski definition) is 0. The van der Waals surface area contributed by atoms with Crippen LogP contribution in [-0.4, -0.2) is 4.21 Å². The molecule has 0 aliphatic rings. The molecule has 2 rings (SSSR count). The molecular weight excluding hydrogens is 291 g/mol. The van der Waals surface area contributed by atoms with E-state index in [1.165, 1.54) is 30.5 Å². The Morgan fingerprint density at radius 2 is 1.90 bits per heavy atom. The minimum Gasteiger partial charge on any atom is -0.618 e. The monoisotopic (exact) mass is 301 g/mol. The molecule has 3 nitrogen and oxygen atoms in total. The molecule has 7 heteroatoms. The van der Waals surface area contributed by atoms with Crippen LogP contribution in [0.4, 0.5) is 13.2 Å². The highest BCUT2D eigenvalue weighted by Gasteiger charge is 2.30. The number of halogens is 3. The average molecular weight is 301 g/mol. The summed E-state index contributed by atoms with van der Waals surface area (Å²) < 4.78 is 50.1. The lowest BCUT2D eigenvalue weighted by atomic mass is 10.1. The van der Waals surface area contributed by atoms with E-state index in [-0.39, 0.29) is 16.3 Å². The normalized spacial score (nSPS) is 13.2. The quantitative estimate of drug-likeness (QED) is 0.646. The lowest BCUT2D eigenvalue weighted by molar-refractivity contribution is -0.646. The predicted octanol–water partition coefficient (Wildman–Crippen LogP) is 2.65. The van der Waals surface area contributed by atoms with Crippen LogP contribution in [0.2, 0.25) is 0 Å². The van der Waals surface area contributed by atoms with E-state index >= 15 is 0 Å². The van der Waals surface area contributed by atoms with Gasteiger partial charge >= 0.3 is 6.18 Å². The minimum absolute atomic E-state index is 0.0184. The first-order valence-corrected chi connectivity index (χ1v) is 6.92. The Labute approximate surface area is 115 Å². The van der Waals surface area contributed by atoms with Crippen LogP contribution in [0.5, 0.6) is 0 Å². The Hall–Kier alpha value is -1.89. The molecule has 0 aliphatic carbocycles. The molecule has 1 atom stereocenters. The number of aromatic nitrogens is 1. The molecule has 20 heavy (non-hydrogen) atoms. The number of benzene rings is 1. The van der Waals surface area contributed by atoms with Crippen LogP contribution in [0.3, 0.4) is 0 Å². The third-order valence-corrected chi connectivity index (χ3v) is 3.95. The summed E-state index contributed by atoms with van der Waals surface area (Å²) in [5.41, 5.74) is -0.530. The van der Waals surface area contributed by atoms with Gasteiger partial charge in [0, 0.05) is 12.1 Å². The zero-order valence-corrected chi connectivity index (χ0v) is 10.9. The maximum atomic E-state index is 12.6. The maximum Gasteiger partial charge on any atom is 0.416 e. The van der Waals surface area contributed by atoms with Gasteiger partial charge in [0.1, 0.15) is 10.8 Å². The Balaban J connectivity index is 2.23. The van der Waals surface area contributed by atoms with Gasteiger partial charge in [-0.25, -0.2) is 4.21 Å². The first kappa shape index (κ1) is 14.5. The van der Waals surface area contributed by atoms with Crippen molar-refractivity contribution in [3.8, 4) is 0 Å². The SMILES string of the molecule is O=S(Cc1cccc(C(F)(F)F)c1)c1cccc[n+]1[O-]. The highest BCUT2D eigenvalue weighted by atomic mass is 32.2. The molecule has 0 fully saturated rings. The van der Waals surface area contributed by atoms with Crippen molar-refractivity contribution < 1.29 is 22.1 Å². The molecule has 0 N–H and O–H groups in total. The number of nitrogens with zero attached hydrogens (tertiary/aromatic N) is 1. The Morgan fingerprint density at radius 3 is 2.55 bits per heavy atom. The van der Waals surface area contributed by atoms with Gasteiger partial charge < -0.3 is 5.21 Å². The lowest BCUT2D eigenvalue weighted by Gasteiger charge is -2.08. The molecule has 1 aromatic heterocycles. The number of alkyl halides is 3. The van der Waals surface area contributed by atoms with Gasteiger partial charge in [-0.1, -0.05) is 18.2 Å². The summed E-state index contributed by atoms with van der Waals surface area (Å²) in [5.74, 6) is -0.143. The third kappa shape index (κ3) is 3.36. The van der Waals surface area contributed by atoms with Gasteiger partial charge in [-0.15, -0.1) is 0 Å². The van der Waals surface area contributed by atoms with Gasteiger partial charge in [-0.05, 0) is 17.7 Å². The van der Waals surface area contributed by atoms with Crippen molar-refractivity contribution in [3.63, 3.8) is 0 Å². The first-order valence-electron chi connectivity index (χ1n) is 5.60. The fourth-order valence-electron chi connectivity index (χ4n) is 1.65. The first-order chi connectivity index (χ1) is 9.38. The van der Waals surface area contributed by atoms with Gasteiger partial charge in [0.2, 0.25) is 0 Å². The molecule has 0 aliphatic heterocycles. The Morgan fingerprint density at radius 1 is 1.15 bits per heavy atom. The summed E-state index contributed by atoms with van der Waals surface area (Å²) in [5, 5.41) is 11.4. The van der Waals surface area contributed by atoms with E-state index in [4.69, 9.17) is 0 Å². The maximum absolute atomic E-state index is 12.6. The number of hydrogen-bond acceptors (Lipinski definition) is 2. The van der Waals surface area contributed by atoms with Crippen molar-refractivity contribution in [3.05, 3.63) is 65.0 Å². The van der Waals surface area contributed by atoms with E-state index in [1.807, 2.05) is 0 Å². The lowest BCUT2D eigenvalue weighted by Crippen LogP contribution is -2.31. The molecule has 0 spiro atoms. The van der Waals surface area contributed by atoms with Crippen molar-refractivity contribution in [1.29, 1.82) is 0 Å². The van der Waals surface area contributed by atoms with Gasteiger partial charge in [0.25, 0.3) is 5.03 Å². The van der Waals surface area contributed by atoms with Crippen molar-refractivity contribution in [2.24, 2.45) is 0 Å². The van der Waals surface area contributed by atoms with Crippen molar-refractivity contribution >= 4 is 10.8 Å². The Bertz CT molecular complexity index is 644. The Kier molecular flexibility index (Phi) is 4.08. The van der Waals surface area contributed by atoms with E-state index < -0.39 is 22.5 Å². The topological polar surface area (TPSA) is 44.0 Å². The number of pyridine rings is 1. The molecule has 0 radical (unpaired) electrons. The molecule has 0 amide bonds. The highest BCUT2D eigenvalue weighted by Crippen LogP contribution is 2.29. The van der Waals surface area contributed by atoms with Crippen LogP contribution in [0.15, 0.2) is 53.7 Å². The average Bonchev–Trinajstić information content (AvgIpc) is 2.38. The van der Waals surface area contributed by atoms with E-state index in [0.717, 1.165) is 12.1 Å². The van der Waals surface area contributed by atoms with Gasteiger partial charge in [-0.3, -0.25) is 0 Å². The molecule has 1 aromatic carbocycles. The fraction of sp³-hybridized carbons (Fsp3) is 0.154. The molecule has 0 saturated carbocycles. The predicted molar refractivity (Wildman–Crippen MR) is 67.0 cm³/mol. The van der Waals surface area contributed by atoms with E-state index in [1.54, 1.807) is 6.07 Å². The van der Waals surface area contributed by atoms with E-state index in [0.29, 0.717) is 4.73 Å². The van der Waals surface area contributed by atoms with Gasteiger partial charge in [0.15, 0.2) is 6.20 Å². The van der Waals surface area contributed by atoms with Crippen LogP contribution in [0.1, 0.15) is 11.1 Å². The van der Waals surface area contributed by atoms with Crippen LogP contribution in [0, 0.1) is 5.21 Å². The third-order valence-electron chi connectivity index (χ3n) is 2.57. The molecule has 2 aromatic rings. The van der Waals surface area contributed by atoms with Crippen LogP contribution in [-0.2, 0) is 22.7 Å². The van der Waals surface area contributed by atoms with E-state index in [9.17, 15) is 22.6 Å². The minimum atomic E-state index is -4.44. The summed E-state index contributed by atoms with van der Waals surface area (Å²) in [4.78, 5) is 0. The zero-order chi connectivity index (χ0) is 14.8. The van der Waals surface area contributed by atoms with Gasteiger partial charge in [0.05, 0.1) is 11.3 Å². The fourth-order valence-corrected chi connectivity index (χ4v) is 2.77. The second-order valence-corrected chi connectivity index (χ2v) is 5.45. The summed E-state index contributed by atoms with van der Waals surface area (Å²) in [7, 11) is -1.70. The van der Waals surface area contributed by atoms with Crippen molar-refractivity contribution in [1.82, 2.24) is 0 Å². The molecular formula is C13H10F3NO2S. The zero-order valence-electron chi connectivity index (χ0n) is 10.1. The van der Waals surface area contributed by atoms with Crippen molar-refractivity contribution in [2.45, 2.75) is 17.0 Å². The number of rotatable bonds is 3. The molecule has 106 valence electrons. The highest BCUT2D eigenvalue weighted by molar-refractivity contribution is 7.84. The molecule has 1 heterocycles.